The number of rotatable bonds is 3. The Morgan fingerprint density at radius 1 is 1.30 bits per heavy atom. The Morgan fingerprint density at radius 3 is 2.65 bits per heavy atom. The molecule has 1 aromatic carbocycles. The standard InChI is InChI=1S/C14H14Cl2N2O2/c15-11-3-1-9(7-12(11)16)2-4-13(19)18-6-5-10(8-18)14(17)20/h1-4,7,10H,5-6,8H2,(H2,17,20)/b4-2-/t10-/m1/s1. The molecule has 1 aromatic rings. The third-order valence-electron chi connectivity index (χ3n) is 3.26. The first-order chi connectivity index (χ1) is 9.47. The Kier molecular flexibility index (Phi) is 4.68. The lowest BCUT2D eigenvalue weighted by Gasteiger charge is -2.13. The van der Waals surface area contributed by atoms with Crippen LogP contribution in [0, 0.1) is 5.92 Å². The number of amides is 2. The van der Waals surface area contributed by atoms with Crippen molar-refractivity contribution in [2.75, 3.05) is 13.1 Å². The number of hydrogen-bond donors (Lipinski definition) is 1. The van der Waals surface area contributed by atoms with Gasteiger partial charge in [-0.25, -0.2) is 0 Å². The molecule has 20 heavy (non-hydrogen) atoms. The summed E-state index contributed by atoms with van der Waals surface area (Å²) in [6.45, 7) is 0.942. The Bertz CT molecular complexity index is 572. The van der Waals surface area contributed by atoms with Crippen molar-refractivity contribution in [2.45, 2.75) is 6.42 Å². The topological polar surface area (TPSA) is 63.4 Å². The van der Waals surface area contributed by atoms with Gasteiger partial charge in [-0.05, 0) is 30.2 Å². The predicted molar refractivity (Wildman–Crippen MR) is 79.4 cm³/mol. The van der Waals surface area contributed by atoms with Crippen molar-refractivity contribution >= 4 is 41.1 Å². The van der Waals surface area contributed by atoms with Crippen molar-refractivity contribution in [1.29, 1.82) is 0 Å². The maximum Gasteiger partial charge on any atom is 0.246 e. The van der Waals surface area contributed by atoms with E-state index in [-0.39, 0.29) is 17.7 Å². The van der Waals surface area contributed by atoms with E-state index in [1.807, 2.05) is 0 Å². The molecule has 4 nitrogen and oxygen atoms in total. The van der Waals surface area contributed by atoms with Gasteiger partial charge in [0, 0.05) is 19.2 Å². The van der Waals surface area contributed by atoms with Crippen LogP contribution in [0.2, 0.25) is 10.0 Å². The quantitative estimate of drug-likeness (QED) is 0.871. The second kappa shape index (κ2) is 6.29. The minimum Gasteiger partial charge on any atom is -0.369 e. The minimum atomic E-state index is -0.353. The highest BCUT2D eigenvalue weighted by atomic mass is 35.5. The van der Waals surface area contributed by atoms with Gasteiger partial charge < -0.3 is 10.6 Å². The van der Waals surface area contributed by atoms with Gasteiger partial charge >= 0.3 is 0 Å². The molecule has 0 saturated carbocycles. The molecule has 1 aliphatic heterocycles. The van der Waals surface area contributed by atoms with E-state index < -0.39 is 0 Å². The maximum atomic E-state index is 12.0. The highest BCUT2D eigenvalue weighted by Gasteiger charge is 2.28. The van der Waals surface area contributed by atoms with Crippen LogP contribution in [0.1, 0.15) is 12.0 Å². The van der Waals surface area contributed by atoms with Crippen LogP contribution < -0.4 is 5.73 Å². The SMILES string of the molecule is NC(=O)[C@@H]1CCN(C(=O)/C=C\c2ccc(Cl)c(Cl)c2)C1. The predicted octanol–water partition coefficient (Wildman–Crippen LogP) is 2.34. The molecule has 2 amide bonds. The second-order valence-electron chi connectivity index (χ2n) is 4.68. The van der Waals surface area contributed by atoms with Crippen LogP contribution in [-0.4, -0.2) is 29.8 Å². The van der Waals surface area contributed by atoms with Crippen LogP contribution in [0.5, 0.6) is 0 Å². The van der Waals surface area contributed by atoms with Crippen LogP contribution in [0.3, 0.4) is 0 Å². The van der Waals surface area contributed by atoms with Crippen LogP contribution in [-0.2, 0) is 9.59 Å². The molecule has 106 valence electrons. The fraction of sp³-hybridized carbons (Fsp3) is 0.286. The zero-order valence-corrected chi connectivity index (χ0v) is 12.2. The Morgan fingerprint density at radius 2 is 2.05 bits per heavy atom. The number of nitrogens with zero attached hydrogens (tertiary/aromatic N) is 1. The normalized spacial score (nSPS) is 18.7. The summed E-state index contributed by atoms with van der Waals surface area (Å²) < 4.78 is 0. The Balaban J connectivity index is 1.99. The lowest BCUT2D eigenvalue weighted by molar-refractivity contribution is -0.125. The van der Waals surface area contributed by atoms with E-state index in [1.54, 1.807) is 29.2 Å². The maximum absolute atomic E-state index is 12.0. The minimum absolute atomic E-state index is 0.139. The average Bonchev–Trinajstić information content (AvgIpc) is 2.89. The molecule has 1 heterocycles. The van der Waals surface area contributed by atoms with Crippen LogP contribution in [0.4, 0.5) is 0 Å². The van der Waals surface area contributed by atoms with Gasteiger partial charge in [-0.1, -0.05) is 29.3 Å². The number of carbonyl (C=O) groups is 2. The summed E-state index contributed by atoms with van der Waals surface area (Å²) in [7, 11) is 0. The van der Waals surface area contributed by atoms with Gasteiger partial charge in [0.15, 0.2) is 0 Å². The van der Waals surface area contributed by atoms with E-state index in [0.717, 1.165) is 5.56 Å². The zero-order chi connectivity index (χ0) is 14.7. The fourth-order valence-electron chi connectivity index (χ4n) is 2.08. The first-order valence-corrected chi connectivity index (χ1v) is 6.94. The molecule has 0 radical (unpaired) electrons. The lowest BCUT2D eigenvalue weighted by atomic mass is 10.1. The largest absolute Gasteiger partial charge is 0.369 e. The van der Waals surface area contributed by atoms with Gasteiger partial charge in [0.2, 0.25) is 11.8 Å². The molecule has 2 N–H and O–H groups in total. The molecular formula is C14H14Cl2N2O2. The number of likely N-dealkylation sites (tertiary alicyclic amines) is 1. The monoisotopic (exact) mass is 312 g/mol. The molecule has 1 fully saturated rings. The third kappa shape index (κ3) is 3.52. The summed E-state index contributed by atoms with van der Waals surface area (Å²) in [5, 5.41) is 0.912. The van der Waals surface area contributed by atoms with E-state index in [1.165, 1.54) is 6.08 Å². The van der Waals surface area contributed by atoms with E-state index >= 15 is 0 Å². The summed E-state index contributed by atoms with van der Waals surface area (Å²) in [6.07, 6.45) is 3.76. The number of carbonyl (C=O) groups excluding carboxylic acids is 2. The zero-order valence-electron chi connectivity index (χ0n) is 10.7. The van der Waals surface area contributed by atoms with Crippen molar-refractivity contribution < 1.29 is 9.59 Å². The van der Waals surface area contributed by atoms with Crippen molar-refractivity contribution in [3.63, 3.8) is 0 Å². The molecule has 0 spiro atoms. The summed E-state index contributed by atoms with van der Waals surface area (Å²) >= 11 is 11.7. The molecule has 0 aliphatic carbocycles. The molecule has 6 heteroatoms. The molecule has 1 aliphatic rings. The summed E-state index contributed by atoms with van der Waals surface area (Å²) in [4.78, 5) is 24.6. The van der Waals surface area contributed by atoms with E-state index in [2.05, 4.69) is 0 Å². The van der Waals surface area contributed by atoms with Gasteiger partial charge in [0.25, 0.3) is 0 Å². The number of hydrogen-bond acceptors (Lipinski definition) is 2. The smallest absolute Gasteiger partial charge is 0.246 e. The summed E-state index contributed by atoms with van der Waals surface area (Å²) in [5.41, 5.74) is 6.02. The summed E-state index contributed by atoms with van der Waals surface area (Å²) in [6, 6.07) is 5.13. The van der Waals surface area contributed by atoms with Crippen LogP contribution in [0.15, 0.2) is 24.3 Å². The van der Waals surface area contributed by atoms with Crippen LogP contribution >= 0.6 is 23.2 Å². The summed E-state index contributed by atoms with van der Waals surface area (Å²) in [5.74, 6) is -0.731. The highest BCUT2D eigenvalue weighted by Crippen LogP contribution is 2.23. The second-order valence-corrected chi connectivity index (χ2v) is 5.49. The van der Waals surface area contributed by atoms with E-state index in [4.69, 9.17) is 28.9 Å². The Hall–Kier alpha value is -1.52. The van der Waals surface area contributed by atoms with Crippen molar-refractivity contribution in [1.82, 2.24) is 4.90 Å². The van der Waals surface area contributed by atoms with Gasteiger partial charge in [0.05, 0.1) is 16.0 Å². The van der Waals surface area contributed by atoms with E-state index in [0.29, 0.717) is 29.6 Å². The molecule has 1 atom stereocenters. The molecular weight excluding hydrogens is 299 g/mol. The van der Waals surface area contributed by atoms with Gasteiger partial charge in [-0.2, -0.15) is 0 Å². The van der Waals surface area contributed by atoms with Crippen molar-refractivity contribution in [3.8, 4) is 0 Å². The van der Waals surface area contributed by atoms with Crippen molar-refractivity contribution in [2.24, 2.45) is 11.7 Å². The van der Waals surface area contributed by atoms with Crippen LogP contribution in [0.25, 0.3) is 6.08 Å². The molecule has 0 bridgehead atoms. The highest BCUT2D eigenvalue weighted by molar-refractivity contribution is 6.42. The lowest BCUT2D eigenvalue weighted by Crippen LogP contribution is -2.30. The van der Waals surface area contributed by atoms with E-state index in [9.17, 15) is 9.59 Å². The van der Waals surface area contributed by atoms with Gasteiger partial charge in [0.1, 0.15) is 0 Å². The number of benzene rings is 1. The van der Waals surface area contributed by atoms with Gasteiger partial charge in [-0.15, -0.1) is 0 Å². The molecule has 2 rings (SSSR count). The number of halogens is 2. The van der Waals surface area contributed by atoms with Crippen molar-refractivity contribution in [3.05, 3.63) is 39.9 Å². The van der Waals surface area contributed by atoms with Gasteiger partial charge in [-0.3, -0.25) is 9.59 Å². The molecule has 0 unspecified atom stereocenters. The molecule has 1 saturated heterocycles. The first-order valence-electron chi connectivity index (χ1n) is 6.18. The fourth-order valence-corrected chi connectivity index (χ4v) is 2.39. The first kappa shape index (κ1) is 14.9. The number of nitrogens with two attached hydrogens (primary N) is 1. The Labute approximate surface area is 127 Å². The molecule has 0 aromatic heterocycles. The number of primary amides is 1. The third-order valence-corrected chi connectivity index (χ3v) is 4.00. The average molecular weight is 313 g/mol.